The summed E-state index contributed by atoms with van der Waals surface area (Å²) in [6, 6.07) is 8.41. The summed E-state index contributed by atoms with van der Waals surface area (Å²) in [4.78, 5) is 16.9. The van der Waals surface area contributed by atoms with Gasteiger partial charge < -0.3 is 10.0 Å². The number of aryl methyl sites for hydroxylation is 1. The minimum absolute atomic E-state index is 0.165. The van der Waals surface area contributed by atoms with E-state index in [1.165, 1.54) is 5.56 Å². The zero-order chi connectivity index (χ0) is 17.6. The first-order chi connectivity index (χ1) is 12.1. The molecular formula is C20H29ClN2O2. The lowest BCUT2D eigenvalue weighted by Gasteiger charge is -2.41. The maximum atomic E-state index is 12.4. The second-order valence-corrected chi connectivity index (χ2v) is 7.82. The van der Waals surface area contributed by atoms with Crippen molar-refractivity contribution in [2.75, 3.05) is 26.2 Å². The number of hydrogen-bond donors (Lipinski definition) is 1. The first-order valence-electron chi connectivity index (χ1n) is 9.56. The molecule has 1 atom stereocenters. The summed E-state index contributed by atoms with van der Waals surface area (Å²) in [7, 11) is 0. The zero-order valence-electron chi connectivity index (χ0n) is 14.9. The second-order valence-electron chi connectivity index (χ2n) is 7.38. The van der Waals surface area contributed by atoms with E-state index in [4.69, 9.17) is 11.6 Å². The number of piperidine rings is 2. The van der Waals surface area contributed by atoms with Crippen molar-refractivity contribution in [2.45, 2.75) is 57.1 Å². The third kappa shape index (κ3) is 5.44. The maximum absolute atomic E-state index is 12.4. The van der Waals surface area contributed by atoms with Crippen LogP contribution in [0.25, 0.3) is 0 Å². The summed E-state index contributed by atoms with van der Waals surface area (Å²) in [5.74, 6) is 0.283. The fourth-order valence-corrected chi connectivity index (χ4v) is 4.17. The Hall–Kier alpha value is -1.10. The summed E-state index contributed by atoms with van der Waals surface area (Å²) < 4.78 is 0. The van der Waals surface area contributed by atoms with E-state index in [9.17, 15) is 9.90 Å². The van der Waals surface area contributed by atoms with Gasteiger partial charge in [-0.25, -0.2) is 0 Å². The third-order valence-electron chi connectivity index (χ3n) is 5.53. The van der Waals surface area contributed by atoms with E-state index in [-0.39, 0.29) is 12.0 Å². The number of amides is 1. The molecule has 138 valence electrons. The van der Waals surface area contributed by atoms with E-state index in [1.54, 1.807) is 0 Å². The van der Waals surface area contributed by atoms with Crippen molar-refractivity contribution >= 4 is 17.5 Å². The molecule has 1 aromatic carbocycles. The Morgan fingerprint density at radius 2 is 1.84 bits per heavy atom. The molecule has 0 bridgehead atoms. The molecule has 1 amide bonds. The highest BCUT2D eigenvalue weighted by Crippen LogP contribution is 2.22. The summed E-state index contributed by atoms with van der Waals surface area (Å²) in [6.07, 6.45) is 6.36. The van der Waals surface area contributed by atoms with E-state index >= 15 is 0 Å². The summed E-state index contributed by atoms with van der Waals surface area (Å²) in [5.41, 5.74) is 1.24. The van der Waals surface area contributed by atoms with Gasteiger partial charge >= 0.3 is 0 Å². The largest absolute Gasteiger partial charge is 0.392 e. The van der Waals surface area contributed by atoms with Crippen LogP contribution in [-0.2, 0) is 11.2 Å². The molecule has 3 rings (SSSR count). The van der Waals surface area contributed by atoms with Crippen LogP contribution in [0, 0.1) is 0 Å². The van der Waals surface area contributed by atoms with Crippen LogP contribution in [0.15, 0.2) is 24.3 Å². The molecule has 1 aromatic rings. The molecule has 0 radical (unpaired) electrons. The van der Waals surface area contributed by atoms with Gasteiger partial charge in [0.2, 0.25) is 5.91 Å². The van der Waals surface area contributed by atoms with Gasteiger partial charge in [0.15, 0.2) is 0 Å². The molecule has 0 spiro atoms. The standard InChI is InChI=1S/C20H29ClN2O2/c21-17-8-6-16(7-9-17)3-1-5-20(25)22-13-10-18(11-14-22)23-12-2-4-19(24)15-23/h6-9,18-19,24H,1-5,10-15H2. The number of likely N-dealkylation sites (tertiary alicyclic amines) is 2. The van der Waals surface area contributed by atoms with Crippen LogP contribution in [0.2, 0.25) is 5.02 Å². The van der Waals surface area contributed by atoms with Crippen molar-refractivity contribution in [3.05, 3.63) is 34.9 Å². The Kier molecular flexibility index (Phi) is 6.74. The predicted octanol–water partition coefficient (Wildman–Crippen LogP) is 3.11. The number of halogens is 1. The number of nitrogens with zero attached hydrogens (tertiary/aromatic N) is 2. The van der Waals surface area contributed by atoms with Crippen molar-refractivity contribution in [1.82, 2.24) is 9.80 Å². The maximum Gasteiger partial charge on any atom is 0.222 e. The highest BCUT2D eigenvalue weighted by atomic mass is 35.5. The normalized spacial score (nSPS) is 23.0. The van der Waals surface area contributed by atoms with Gasteiger partial charge in [-0.15, -0.1) is 0 Å². The van der Waals surface area contributed by atoms with Gasteiger partial charge in [0.1, 0.15) is 0 Å². The lowest BCUT2D eigenvalue weighted by Crippen LogP contribution is -2.50. The smallest absolute Gasteiger partial charge is 0.222 e. The second kappa shape index (κ2) is 9.02. The Morgan fingerprint density at radius 3 is 2.52 bits per heavy atom. The van der Waals surface area contributed by atoms with Crippen molar-refractivity contribution in [1.29, 1.82) is 0 Å². The Bertz CT molecular complexity index is 555. The zero-order valence-corrected chi connectivity index (χ0v) is 15.6. The molecule has 1 unspecified atom stereocenters. The van der Waals surface area contributed by atoms with Gasteiger partial charge in [-0.05, 0) is 62.8 Å². The number of rotatable bonds is 5. The fraction of sp³-hybridized carbons (Fsp3) is 0.650. The van der Waals surface area contributed by atoms with E-state index in [0.29, 0.717) is 12.5 Å². The van der Waals surface area contributed by atoms with E-state index in [0.717, 1.165) is 69.7 Å². The lowest BCUT2D eigenvalue weighted by atomic mass is 9.98. The highest BCUT2D eigenvalue weighted by molar-refractivity contribution is 6.30. The SMILES string of the molecule is O=C(CCCc1ccc(Cl)cc1)N1CCC(N2CCCC(O)C2)CC1. The number of carbonyl (C=O) groups excluding carboxylic acids is 1. The number of benzene rings is 1. The number of hydrogen-bond acceptors (Lipinski definition) is 3. The monoisotopic (exact) mass is 364 g/mol. The van der Waals surface area contributed by atoms with Crippen molar-refractivity contribution in [3.63, 3.8) is 0 Å². The van der Waals surface area contributed by atoms with Crippen LogP contribution in [0.4, 0.5) is 0 Å². The average molecular weight is 365 g/mol. The minimum Gasteiger partial charge on any atom is -0.392 e. The molecule has 2 aliphatic rings. The van der Waals surface area contributed by atoms with Crippen molar-refractivity contribution in [3.8, 4) is 0 Å². The van der Waals surface area contributed by atoms with Crippen LogP contribution < -0.4 is 0 Å². The summed E-state index contributed by atoms with van der Waals surface area (Å²) in [6.45, 7) is 3.62. The van der Waals surface area contributed by atoms with Crippen LogP contribution in [0.5, 0.6) is 0 Å². The Labute approximate surface area is 155 Å². The van der Waals surface area contributed by atoms with Crippen LogP contribution in [0.1, 0.15) is 44.1 Å². The van der Waals surface area contributed by atoms with Gasteiger partial charge in [0.05, 0.1) is 6.10 Å². The molecule has 25 heavy (non-hydrogen) atoms. The molecular weight excluding hydrogens is 336 g/mol. The van der Waals surface area contributed by atoms with Crippen molar-refractivity contribution < 1.29 is 9.90 Å². The van der Waals surface area contributed by atoms with Crippen LogP contribution >= 0.6 is 11.6 Å². The number of β-amino-alcohol motifs (C(OH)–C–C–N with tert-alkyl or cyclic N) is 1. The minimum atomic E-state index is -0.165. The lowest BCUT2D eigenvalue weighted by molar-refractivity contribution is -0.133. The van der Waals surface area contributed by atoms with E-state index < -0.39 is 0 Å². The Balaban J connectivity index is 1.37. The highest BCUT2D eigenvalue weighted by Gasteiger charge is 2.29. The third-order valence-corrected chi connectivity index (χ3v) is 5.78. The molecule has 2 saturated heterocycles. The van der Waals surface area contributed by atoms with E-state index in [2.05, 4.69) is 4.90 Å². The van der Waals surface area contributed by atoms with Gasteiger partial charge in [-0.3, -0.25) is 9.69 Å². The van der Waals surface area contributed by atoms with Gasteiger partial charge in [0, 0.05) is 37.1 Å². The molecule has 1 N–H and O–H groups in total. The van der Waals surface area contributed by atoms with Crippen molar-refractivity contribution in [2.24, 2.45) is 0 Å². The molecule has 5 heteroatoms. The summed E-state index contributed by atoms with van der Waals surface area (Å²) in [5, 5.41) is 10.6. The molecule has 0 aromatic heterocycles. The first kappa shape index (κ1) is 18.7. The predicted molar refractivity (Wildman–Crippen MR) is 101 cm³/mol. The van der Waals surface area contributed by atoms with Gasteiger partial charge in [0.25, 0.3) is 0 Å². The number of carbonyl (C=O) groups is 1. The summed E-state index contributed by atoms with van der Waals surface area (Å²) >= 11 is 5.90. The quantitative estimate of drug-likeness (QED) is 0.873. The molecule has 2 fully saturated rings. The molecule has 0 saturated carbocycles. The Morgan fingerprint density at radius 1 is 1.12 bits per heavy atom. The fourth-order valence-electron chi connectivity index (χ4n) is 4.05. The molecule has 2 aliphatic heterocycles. The number of aliphatic hydroxyl groups is 1. The molecule has 4 nitrogen and oxygen atoms in total. The van der Waals surface area contributed by atoms with Crippen LogP contribution in [-0.4, -0.2) is 59.1 Å². The first-order valence-corrected chi connectivity index (χ1v) is 9.94. The molecule has 0 aliphatic carbocycles. The van der Waals surface area contributed by atoms with Gasteiger partial charge in [-0.1, -0.05) is 23.7 Å². The number of aliphatic hydroxyl groups excluding tert-OH is 1. The van der Waals surface area contributed by atoms with Crippen LogP contribution in [0.3, 0.4) is 0 Å². The van der Waals surface area contributed by atoms with E-state index in [1.807, 2.05) is 29.2 Å². The topological polar surface area (TPSA) is 43.8 Å². The average Bonchev–Trinajstić information content (AvgIpc) is 2.63. The van der Waals surface area contributed by atoms with Gasteiger partial charge in [-0.2, -0.15) is 0 Å². The molecule has 2 heterocycles.